The summed E-state index contributed by atoms with van der Waals surface area (Å²) < 4.78 is 40.4. The smallest absolute Gasteiger partial charge is 0.416 e. The molecule has 10 heteroatoms. The van der Waals surface area contributed by atoms with Gasteiger partial charge in [0.1, 0.15) is 0 Å². The van der Waals surface area contributed by atoms with E-state index >= 15 is 0 Å². The van der Waals surface area contributed by atoms with Crippen molar-refractivity contribution in [3.63, 3.8) is 0 Å². The first kappa shape index (κ1) is 30.3. The van der Waals surface area contributed by atoms with Crippen molar-refractivity contribution in [3.05, 3.63) is 69.7 Å². The first-order chi connectivity index (χ1) is 17.6. The standard InChI is InChI=1S/C28H32Cl2F3NO4/c1-4-21(12-13-27(3,38)28(31,32)33)34-24(17-8-10-19(29)11-9-17)22(18-6-5-7-20(30)14-18)15-26(2,25(34)37)16-23(35)36/h5-11,14,21-22,24,38H,4,12-13,15-16H2,1-3H3,(H,35,36)/t21-,22+,24+,26+,27?/m0/s1. The van der Waals surface area contributed by atoms with E-state index < -0.39 is 59.9 Å². The number of benzene rings is 2. The van der Waals surface area contributed by atoms with Gasteiger partial charge in [0, 0.05) is 22.0 Å². The number of hydrogen-bond donors (Lipinski definition) is 2. The van der Waals surface area contributed by atoms with Crippen LogP contribution in [0.1, 0.15) is 76.0 Å². The molecule has 1 heterocycles. The van der Waals surface area contributed by atoms with Crippen LogP contribution in [0.25, 0.3) is 0 Å². The lowest BCUT2D eigenvalue weighted by atomic mass is 9.66. The molecule has 2 N–H and O–H groups in total. The number of carboxylic acids is 1. The summed E-state index contributed by atoms with van der Waals surface area (Å²) in [6.45, 7) is 4.07. The molecule has 2 aromatic carbocycles. The molecule has 1 aliphatic heterocycles. The van der Waals surface area contributed by atoms with Crippen LogP contribution in [0.4, 0.5) is 13.2 Å². The number of likely N-dealkylation sites (tertiary alicyclic amines) is 1. The highest BCUT2D eigenvalue weighted by Gasteiger charge is 2.54. The molecule has 1 amide bonds. The SMILES string of the molecule is CC[C@@H](CCC(C)(O)C(F)(F)F)N1C(=O)[C@@](C)(CC(=O)O)C[C@H](c2cccc(Cl)c2)[C@H]1c1ccc(Cl)cc1. The van der Waals surface area contributed by atoms with Gasteiger partial charge in [-0.1, -0.05) is 61.3 Å². The number of alkyl halides is 3. The average molecular weight is 574 g/mol. The maximum Gasteiger partial charge on any atom is 0.416 e. The van der Waals surface area contributed by atoms with Crippen LogP contribution in [0.3, 0.4) is 0 Å². The highest BCUT2D eigenvalue weighted by atomic mass is 35.5. The fraction of sp³-hybridized carbons (Fsp3) is 0.500. The van der Waals surface area contributed by atoms with Crippen molar-refractivity contribution in [2.24, 2.45) is 5.41 Å². The van der Waals surface area contributed by atoms with Crippen molar-refractivity contribution in [1.29, 1.82) is 0 Å². The molecule has 0 spiro atoms. The molecule has 0 aliphatic carbocycles. The molecule has 38 heavy (non-hydrogen) atoms. The number of nitrogens with zero attached hydrogens (tertiary/aromatic N) is 1. The number of amides is 1. The van der Waals surface area contributed by atoms with E-state index in [1.54, 1.807) is 61.2 Å². The quantitative estimate of drug-likeness (QED) is 0.327. The van der Waals surface area contributed by atoms with Gasteiger partial charge in [-0.3, -0.25) is 9.59 Å². The summed E-state index contributed by atoms with van der Waals surface area (Å²) in [5.41, 5.74) is -2.76. The van der Waals surface area contributed by atoms with E-state index in [2.05, 4.69) is 0 Å². The number of piperidine rings is 1. The van der Waals surface area contributed by atoms with Crippen LogP contribution in [0.5, 0.6) is 0 Å². The Morgan fingerprint density at radius 1 is 1.13 bits per heavy atom. The third kappa shape index (κ3) is 6.46. The highest BCUT2D eigenvalue weighted by molar-refractivity contribution is 6.30. The summed E-state index contributed by atoms with van der Waals surface area (Å²) in [5.74, 6) is -2.01. The van der Waals surface area contributed by atoms with Crippen molar-refractivity contribution in [1.82, 2.24) is 4.90 Å². The Bertz CT molecular complexity index is 1160. The zero-order chi connectivity index (χ0) is 28.5. The lowest BCUT2D eigenvalue weighted by Gasteiger charge is -2.52. The van der Waals surface area contributed by atoms with E-state index in [-0.39, 0.29) is 12.8 Å². The van der Waals surface area contributed by atoms with Gasteiger partial charge in [-0.15, -0.1) is 0 Å². The molecular formula is C28H32Cl2F3NO4. The molecule has 1 aliphatic rings. The number of hydrogen-bond acceptors (Lipinski definition) is 3. The maximum atomic E-state index is 14.1. The number of aliphatic carboxylic acids is 1. The molecule has 1 unspecified atom stereocenters. The molecule has 0 radical (unpaired) electrons. The van der Waals surface area contributed by atoms with Crippen molar-refractivity contribution in [2.75, 3.05) is 0 Å². The van der Waals surface area contributed by atoms with E-state index in [0.29, 0.717) is 22.0 Å². The normalized spacial score (nSPS) is 24.7. The zero-order valence-electron chi connectivity index (χ0n) is 21.4. The van der Waals surface area contributed by atoms with Crippen LogP contribution < -0.4 is 0 Å². The van der Waals surface area contributed by atoms with E-state index in [1.165, 1.54) is 0 Å². The fourth-order valence-electron chi connectivity index (χ4n) is 5.41. The van der Waals surface area contributed by atoms with E-state index in [1.807, 2.05) is 6.07 Å². The topological polar surface area (TPSA) is 77.8 Å². The highest BCUT2D eigenvalue weighted by Crippen LogP contribution is 2.52. The molecule has 5 atom stereocenters. The third-order valence-electron chi connectivity index (χ3n) is 7.57. The predicted molar refractivity (Wildman–Crippen MR) is 140 cm³/mol. The van der Waals surface area contributed by atoms with Crippen LogP contribution >= 0.6 is 23.2 Å². The predicted octanol–water partition coefficient (Wildman–Crippen LogP) is 7.40. The number of halogens is 5. The molecule has 1 fully saturated rings. The van der Waals surface area contributed by atoms with Gasteiger partial charge < -0.3 is 15.1 Å². The van der Waals surface area contributed by atoms with Gasteiger partial charge in [-0.2, -0.15) is 13.2 Å². The number of carbonyl (C=O) groups excluding carboxylic acids is 1. The number of rotatable bonds is 9. The second-order valence-corrected chi connectivity index (χ2v) is 11.5. The average Bonchev–Trinajstić information content (AvgIpc) is 2.81. The largest absolute Gasteiger partial charge is 0.481 e. The minimum absolute atomic E-state index is 0.135. The Labute approximate surface area is 230 Å². The second kappa shape index (κ2) is 11.4. The number of aliphatic hydroxyl groups is 1. The van der Waals surface area contributed by atoms with Gasteiger partial charge in [0.2, 0.25) is 5.91 Å². The van der Waals surface area contributed by atoms with Gasteiger partial charge >= 0.3 is 12.1 Å². The Morgan fingerprint density at radius 3 is 2.29 bits per heavy atom. The summed E-state index contributed by atoms with van der Waals surface area (Å²) in [6, 6.07) is 12.6. The first-order valence-corrected chi connectivity index (χ1v) is 13.2. The first-order valence-electron chi connectivity index (χ1n) is 12.4. The summed E-state index contributed by atoms with van der Waals surface area (Å²) in [4.78, 5) is 27.5. The Morgan fingerprint density at radius 2 is 1.76 bits per heavy atom. The van der Waals surface area contributed by atoms with E-state index in [9.17, 15) is 33.0 Å². The maximum absolute atomic E-state index is 14.1. The molecule has 5 nitrogen and oxygen atoms in total. The molecule has 208 valence electrons. The Balaban J connectivity index is 2.18. The summed E-state index contributed by atoms with van der Waals surface area (Å²) >= 11 is 12.4. The molecule has 2 aromatic rings. The molecular weight excluding hydrogens is 542 g/mol. The summed E-state index contributed by atoms with van der Waals surface area (Å²) in [5, 5.41) is 20.7. The van der Waals surface area contributed by atoms with Crippen molar-refractivity contribution >= 4 is 35.1 Å². The van der Waals surface area contributed by atoms with Crippen molar-refractivity contribution in [3.8, 4) is 0 Å². The molecule has 0 bridgehead atoms. The number of carbonyl (C=O) groups is 2. The van der Waals surface area contributed by atoms with Gasteiger partial charge in [0.25, 0.3) is 0 Å². The van der Waals surface area contributed by atoms with Crippen LogP contribution in [0.15, 0.2) is 48.5 Å². The molecule has 0 saturated carbocycles. The van der Waals surface area contributed by atoms with Crippen molar-refractivity contribution in [2.45, 2.75) is 82.7 Å². The molecule has 1 saturated heterocycles. The van der Waals surface area contributed by atoms with Crippen LogP contribution in [0.2, 0.25) is 10.0 Å². The van der Waals surface area contributed by atoms with Gasteiger partial charge in [0.05, 0.1) is 17.9 Å². The monoisotopic (exact) mass is 573 g/mol. The molecule has 3 rings (SSSR count). The Hall–Kier alpha value is -2.29. The fourth-order valence-corrected chi connectivity index (χ4v) is 5.73. The van der Waals surface area contributed by atoms with Gasteiger partial charge in [0.15, 0.2) is 5.60 Å². The summed E-state index contributed by atoms with van der Waals surface area (Å²) in [7, 11) is 0. The van der Waals surface area contributed by atoms with Gasteiger partial charge in [-0.25, -0.2) is 0 Å². The van der Waals surface area contributed by atoms with Gasteiger partial charge in [-0.05, 0) is 68.0 Å². The van der Waals surface area contributed by atoms with E-state index in [0.717, 1.165) is 12.5 Å². The van der Waals surface area contributed by atoms with Crippen LogP contribution in [0, 0.1) is 5.41 Å². The minimum Gasteiger partial charge on any atom is -0.481 e. The zero-order valence-corrected chi connectivity index (χ0v) is 22.9. The van der Waals surface area contributed by atoms with Crippen molar-refractivity contribution < 1.29 is 33.0 Å². The third-order valence-corrected chi connectivity index (χ3v) is 8.06. The molecule has 0 aromatic heterocycles. The minimum atomic E-state index is -4.84. The Kier molecular flexibility index (Phi) is 9.11. The van der Waals surface area contributed by atoms with E-state index in [4.69, 9.17) is 23.2 Å². The lowest BCUT2D eigenvalue weighted by Crippen LogP contribution is -2.56. The van der Waals surface area contributed by atoms with Crippen LogP contribution in [-0.4, -0.2) is 44.8 Å². The number of carboxylic acid groups (broad SMARTS) is 1. The summed E-state index contributed by atoms with van der Waals surface area (Å²) in [6.07, 6.45) is -5.54. The second-order valence-electron chi connectivity index (χ2n) is 10.6. The lowest BCUT2D eigenvalue weighted by molar-refractivity contribution is -0.256. The van der Waals surface area contributed by atoms with Crippen LogP contribution in [-0.2, 0) is 9.59 Å².